The van der Waals surface area contributed by atoms with Gasteiger partial charge >= 0.3 is 0 Å². The van der Waals surface area contributed by atoms with Crippen LogP contribution in [0.3, 0.4) is 0 Å². The summed E-state index contributed by atoms with van der Waals surface area (Å²) < 4.78 is 0. The number of hydrogen-bond acceptors (Lipinski definition) is 2. The Morgan fingerprint density at radius 1 is 1.38 bits per heavy atom. The third-order valence-electron chi connectivity index (χ3n) is 2.48. The third kappa shape index (κ3) is 3.84. The van der Waals surface area contributed by atoms with Gasteiger partial charge in [-0.2, -0.15) is 5.26 Å². The van der Waals surface area contributed by atoms with Gasteiger partial charge in [0.2, 0.25) is 0 Å². The van der Waals surface area contributed by atoms with Gasteiger partial charge < -0.3 is 0 Å². The minimum absolute atomic E-state index is 0.496. The molecule has 0 spiro atoms. The molecule has 1 aromatic rings. The van der Waals surface area contributed by atoms with E-state index in [1.807, 2.05) is 31.2 Å². The van der Waals surface area contributed by atoms with E-state index in [0.717, 1.165) is 23.6 Å². The highest BCUT2D eigenvalue weighted by Gasteiger charge is 2.22. The molecule has 1 rings (SSSR count). The summed E-state index contributed by atoms with van der Waals surface area (Å²) in [5.41, 5.74) is 0.626. The molecule has 0 aliphatic carbocycles. The highest BCUT2D eigenvalue weighted by atomic mass is 35.5. The van der Waals surface area contributed by atoms with Crippen molar-refractivity contribution in [3.63, 3.8) is 0 Å². The Morgan fingerprint density at radius 2 is 2.00 bits per heavy atom. The van der Waals surface area contributed by atoms with Gasteiger partial charge in [-0.25, -0.2) is 0 Å². The van der Waals surface area contributed by atoms with Gasteiger partial charge in [-0.3, -0.25) is 5.32 Å². The van der Waals surface area contributed by atoms with Crippen LogP contribution in [0.15, 0.2) is 24.3 Å². The molecule has 0 aliphatic heterocycles. The third-order valence-corrected chi connectivity index (χ3v) is 2.73. The van der Waals surface area contributed by atoms with E-state index in [-0.39, 0.29) is 0 Å². The van der Waals surface area contributed by atoms with Gasteiger partial charge in [-0.15, -0.1) is 0 Å². The van der Waals surface area contributed by atoms with Crippen molar-refractivity contribution < 1.29 is 0 Å². The maximum absolute atomic E-state index is 9.19. The molecule has 0 aromatic heterocycles. The zero-order valence-corrected chi connectivity index (χ0v) is 10.5. The van der Waals surface area contributed by atoms with Crippen molar-refractivity contribution in [3.05, 3.63) is 34.9 Å². The van der Waals surface area contributed by atoms with Gasteiger partial charge in [0, 0.05) is 11.4 Å². The maximum atomic E-state index is 9.19. The van der Waals surface area contributed by atoms with E-state index in [4.69, 9.17) is 11.6 Å². The van der Waals surface area contributed by atoms with E-state index >= 15 is 0 Å². The van der Waals surface area contributed by atoms with Crippen LogP contribution in [0.1, 0.15) is 25.8 Å². The fourth-order valence-electron chi connectivity index (χ4n) is 1.55. The van der Waals surface area contributed by atoms with Crippen LogP contribution < -0.4 is 5.32 Å². The molecular weight excluding hydrogens is 220 g/mol. The lowest BCUT2D eigenvalue weighted by Gasteiger charge is -2.23. The Hall–Kier alpha value is -1.04. The predicted molar refractivity (Wildman–Crippen MR) is 67.5 cm³/mol. The molecule has 1 unspecified atom stereocenters. The van der Waals surface area contributed by atoms with Gasteiger partial charge in [-0.1, -0.05) is 30.7 Å². The summed E-state index contributed by atoms with van der Waals surface area (Å²) in [5, 5.41) is 13.2. The lowest BCUT2D eigenvalue weighted by molar-refractivity contribution is 0.445. The summed E-state index contributed by atoms with van der Waals surface area (Å²) >= 11 is 5.82. The molecule has 0 aliphatic rings. The van der Waals surface area contributed by atoms with Crippen molar-refractivity contribution in [2.45, 2.75) is 32.2 Å². The number of hydrogen-bond donors (Lipinski definition) is 1. The Bertz CT molecular complexity index is 367. The molecule has 1 N–H and O–H groups in total. The summed E-state index contributed by atoms with van der Waals surface area (Å²) in [6.45, 7) is 4.88. The van der Waals surface area contributed by atoms with Crippen LogP contribution in [0.4, 0.5) is 0 Å². The SMILES string of the molecule is CCCNC(C)(C#N)Cc1ccc(Cl)cc1. The predicted octanol–water partition coefficient (Wildman–Crippen LogP) is 3.16. The van der Waals surface area contributed by atoms with Gasteiger partial charge in [-0.05, 0) is 37.6 Å². The monoisotopic (exact) mass is 236 g/mol. The number of rotatable bonds is 5. The lowest BCUT2D eigenvalue weighted by atomic mass is 9.94. The van der Waals surface area contributed by atoms with Crippen molar-refractivity contribution in [1.29, 1.82) is 5.26 Å². The number of halogens is 1. The van der Waals surface area contributed by atoms with E-state index in [1.165, 1.54) is 0 Å². The molecule has 16 heavy (non-hydrogen) atoms. The smallest absolute Gasteiger partial charge is 0.107 e. The maximum Gasteiger partial charge on any atom is 0.107 e. The number of nitriles is 1. The second-order valence-corrected chi connectivity index (χ2v) is 4.61. The van der Waals surface area contributed by atoms with E-state index in [2.05, 4.69) is 18.3 Å². The van der Waals surface area contributed by atoms with Gasteiger partial charge in [0.1, 0.15) is 5.54 Å². The molecule has 0 saturated carbocycles. The van der Waals surface area contributed by atoms with Crippen LogP contribution in [-0.4, -0.2) is 12.1 Å². The minimum atomic E-state index is -0.496. The summed E-state index contributed by atoms with van der Waals surface area (Å²) in [6, 6.07) is 9.97. The standard InChI is InChI=1S/C13H17ClN2/c1-3-8-16-13(2,10-15)9-11-4-6-12(14)7-5-11/h4-7,16H,3,8-9H2,1-2H3. The topological polar surface area (TPSA) is 35.8 Å². The van der Waals surface area contributed by atoms with Crippen molar-refractivity contribution >= 4 is 11.6 Å². The normalized spacial score (nSPS) is 14.1. The number of nitrogens with one attached hydrogen (secondary N) is 1. The van der Waals surface area contributed by atoms with Crippen molar-refractivity contribution in [3.8, 4) is 6.07 Å². The molecule has 2 nitrogen and oxygen atoms in total. The zero-order valence-electron chi connectivity index (χ0n) is 9.76. The van der Waals surface area contributed by atoms with Crippen LogP contribution in [0.5, 0.6) is 0 Å². The summed E-state index contributed by atoms with van der Waals surface area (Å²) in [7, 11) is 0. The molecule has 0 bridgehead atoms. The molecule has 1 atom stereocenters. The van der Waals surface area contributed by atoms with Gasteiger partial charge in [0.05, 0.1) is 6.07 Å². The Balaban J connectivity index is 2.69. The number of benzene rings is 1. The van der Waals surface area contributed by atoms with Crippen molar-refractivity contribution in [1.82, 2.24) is 5.32 Å². The zero-order chi connectivity index (χ0) is 12.0. The molecule has 0 amide bonds. The van der Waals surface area contributed by atoms with Crippen LogP contribution in [-0.2, 0) is 6.42 Å². The van der Waals surface area contributed by atoms with Crippen LogP contribution >= 0.6 is 11.6 Å². The quantitative estimate of drug-likeness (QED) is 0.853. The first-order valence-electron chi connectivity index (χ1n) is 5.50. The fourth-order valence-corrected chi connectivity index (χ4v) is 1.68. The summed E-state index contributed by atoms with van der Waals surface area (Å²) in [6.07, 6.45) is 1.72. The van der Waals surface area contributed by atoms with Crippen LogP contribution in [0.25, 0.3) is 0 Å². The van der Waals surface area contributed by atoms with Gasteiger partial charge in [0.15, 0.2) is 0 Å². The van der Waals surface area contributed by atoms with Gasteiger partial charge in [0.25, 0.3) is 0 Å². The highest BCUT2D eigenvalue weighted by molar-refractivity contribution is 6.30. The largest absolute Gasteiger partial charge is 0.299 e. The highest BCUT2D eigenvalue weighted by Crippen LogP contribution is 2.15. The molecular formula is C13H17ClN2. The Labute approximate surface area is 102 Å². The molecule has 0 fully saturated rings. The second-order valence-electron chi connectivity index (χ2n) is 4.17. The fraction of sp³-hybridized carbons (Fsp3) is 0.462. The van der Waals surface area contributed by atoms with E-state index in [9.17, 15) is 5.26 Å². The molecule has 0 radical (unpaired) electrons. The summed E-state index contributed by atoms with van der Waals surface area (Å²) in [4.78, 5) is 0. The Kier molecular flexibility index (Phi) is 4.79. The first kappa shape index (κ1) is 13.0. The molecule has 1 aromatic carbocycles. The molecule has 0 heterocycles. The van der Waals surface area contributed by atoms with Crippen molar-refractivity contribution in [2.75, 3.05) is 6.54 Å². The van der Waals surface area contributed by atoms with E-state index < -0.39 is 5.54 Å². The van der Waals surface area contributed by atoms with E-state index in [0.29, 0.717) is 6.42 Å². The first-order valence-corrected chi connectivity index (χ1v) is 5.88. The molecule has 86 valence electrons. The summed E-state index contributed by atoms with van der Waals surface area (Å²) in [5.74, 6) is 0. The average molecular weight is 237 g/mol. The molecule has 3 heteroatoms. The average Bonchev–Trinajstić information content (AvgIpc) is 2.30. The van der Waals surface area contributed by atoms with Crippen molar-refractivity contribution in [2.24, 2.45) is 0 Å². The van der Waals surface area contributed by atoms with Crippen LogP contribution in [0.2, 0.25) is 5.02 Å². The second kappa shape index (κ2) is 5.89. The lowest BCUT2D eigenvalue weighted by Crippen LogP contribution is -2.43. The Morgan fingerprint density at radius 3 is 2.50 bits per heavy atom. The molecule has 0 saturated heterocycles. The minimum Gasteiger partial charge on any atom is -0.299 e. The number of nitrogens with zero attached hydrogens (tertiary/aromatic N) is 1. The van der Waals surface area contributed by atoms with E-state index in [1.54, 1.807) is 0 Å². The first-order chi connectivity index (χ1) is 7.59. The van der Waals surface area contributed by atoms with Crippen LogP contribution in [0, 0.1) is 11.3 Å².